The minimum absolute atomic E-state index is 0.0547. The number of carbonyl (C=O) groups is 1. The SMILES string of the molecule is Cc1ccc(CNC(=O)c2ccc(C(C)C)cc2)cn1. The third kappa shape index (κ3) is 3.67. The van der Waals surface area contributed by atoms with E-state index < -0.39 is 0 Å². The minimum Gasteiger partial charge on any atom is -0.348 e. The van der Waals surface area contributed by atoms with Gasteiger partial charge < -0.3 is 5.32 Å². The molecule has 0 bridgehead atoms. The highest BCUT2D eigenvalue weighted by molar-refractivity contribution is 5.94. The van der Waals surface area contributed by atoms with Crippen LogP contribution in [0.4, 0.5) is 0 Å². The van der Waals surface area contributed by atoms with Crippen LogP contribution < -0.4 is 5.32 Å². The van der Waals surface area contributed by atoms with E-state index in [0.29, 0.717) is 18.0 Å². The Labute approximate surface area is 120 Å². The largest absolute Gasteiger partial charge is 0.348 e. The Morgan fingerprint density at radius 2 is 1.85 bits per heavy atom. The van der Waals surface area contributed by atoms with E-state index in [1.54, 1.807) is 6.20 Å². The van der Waals surface area contributed by atoms with Crippen LogP contribution in [0.15, 0.2) is 42.6 Å². The highest BCUT2D eigenvalue weighted by Crippen LogP contribution is 2.14. The molecule has 0 saturated heterocycles. The van der Waals surface area contributed by atoms with E-state index in [4.69, 9.17) is 0 Å². The van der Waals surface area contributed by atoms with Crippen molar-refractivity contribution in [2.24, 2.45) is 0 Å². The summed E-state index contributed by atoms with van der Waals surface area (Å²) < 4.78 is 0. The van der Waals surface area contributed by atoms with Crippen molar-refractivity contribution in [1.82, 2.24) is 10.3 Å². The van der Waals surface area contributed by atoms with E-state index in [0.717, 1.165) is 11.3 Å². The van der Waals surface area contributed by atoms with E-state index in [1.165, 1.54) is 5.56 Å². The number of hydrogen-bond acceptors (Lipinski definition) is 2. The second-order valence-electron chi connectivity index (χ2n) is 5.27. The van der Waals surface area contributed by atoms with Gasteiger partial charge in [0.1, 0.15) is 0 Å². The normalized spacial score (nSPS) is 10.6. The smallest absolute Gasteiger partial charge is 0.251 e. The lowest BCUT2D eigenvalue weighted by Crippen LogP contribution is -2.22. The van der Waals surface area contributed by atoms with Crippen molar-refractivity contribution in [2.75, 3.05) is 0 Å². The predicted molar refractivity (Wildman–Crippen MR) is 80.7 cm³/mol. The standard InChI is InChI=1S/C17H20N2O/c1-12(2)15-6-8-16(9-7-15)17(20)19-11-14-5-4-13(3)18-10-14/h4-10,12H,11H2,1-3H3,(H,19,20). The topological polar surface area (TPSA) is 42.0 Å². The van der Waals surface area contributed by atoms with Gasteiger partial charge in [0.05, 0.1) is 0 Å². The average molecular weight is 268 g/mol. The molecule has 20 heavy (non-hydrogen) atoms. The maximum absolute atomic E-state index is 12.0. The van der Waals surface area contributed by atoms with Gasteiger partial charge in [-0.1, -0.05) is 32.0 Å². The summed E-state index contributed by atoms with van der Waals surface area (Å²) in [6.07, 6.45) is 1.79. The Morgan fingerprint density at radius 3 is 2.40 bits per heavy atom. The van der Waals surface area contributed by atoms with E-state index in [-0.39, 0.29) is 5.91 Å². The van der Waals surface area contributed by atoms with Gasteiger partial charge in [-0.3, -0.25) is 9.78 Å². The van der Waals surface area contributed by atoms with Crippen molar-refractivity contribution < 1.29 is 4.79 Å². The van der Waals surface area contributed by atoms with Crippen LogP contribution in [0.25, 0.3) is 0 Å². The van der Waals surface area contributed by atoms with Gasteiger partial charge in [-0.15, -0.1) is 0 Å². The second kappa shape index (κ2) is 6.33. The molecule has 2 aromatic rings. The van der Waals surface area contributed by atoms with Gasteiger partial charge in [0.2, 0.25) is 0 Å². The maximum Gasteiger partial charge on any atom is 0.251 e. The molecular weight excluding hydrogens is 248 g/mol. The lowest BCUT2D eigenvalue weighted by Gasteiger charge is -2.08. The van der Waals surface area contributed by atoms with Crippen LogP contribution in [0.2, 0.25) is 0 Å². The van der Waals surface area contributed by atoms with Crippen molar-refractivity contribution in [2.45, 2.75) is 33.2 Å². The summed E-state index contributed by atoms with van der Waals surface area (Å²) in [6, 6.07) is 11.7. The summed E-state index contributed by atoms with van der Waals surface area (Å²) in [5.74, 6) is 0.423. The average Bonchev–Trinajstić information content (AvgIpc) is 2.46. The third-order valence-electron chi connectivity index (χ3n) is 3.27. The number of hydrogen-bond donors (Lipinski definition) is 1. The highest BCUT2D eigenvalue weighted by Gasteiger charge is 2.06. The summed E-state index contributed by atoms with van der Waals surface area (Å²) >= 11 is 0. The van der Waals surface area contributed by atoms with Crippen molar-refractivity contribution in [3.05, 3.63) is 65.0 Å². The number of pyridine rings is 1. The molecule has 1 heterocycles. The molecule has 0 aliphatic heterocycles. The van der Waals surface area contributed by atoms with E-state index >= 15 is 0 Å². The van der Waals surface area contributed by atoms with E-state index in [1.807, 2.05) is 43.3 Å². The molecule has 0 spiro atoms. The van der Waals surface area contributed by atoms with Crippen LogP contribution in [0.5, 0.6) is 0 Å². The first kappa shape index (κ1) is 14.3. The van der Waals surface area contributed by atoms with Gasteiger partial charge in [-0.2, -0.15) is 0 Å². The zero-order valence-electron chi connectivity index (χ0n) is 12.2. The molecular formula is C17H20N2O. The second-order valence-corrected chi connectivity index (χ2v) is 5.27. The Balaban J connectivity index is 1.96. The molecule has 2 rings (SSSR count). The predicted octanol–water partition coefficient (Wildman–Crippen LogP) is 3.44. The van der Waals surface area contributed by atoms with Crippen molar-refractivity contribution in [3.8, 4) is 0 Å². The van der Waals surface area contributed by atoms with Gasteiger partial charge in [0.15, 0.2) is 0 Å². The Hall–Kier alpha value is -2.16. The number of benzene rings is 1. The van der Waals surface area contributed by atoms with Gasteiger partial charge in [0.25, 0.3) is 5.91 Å². The lowest BCUT2D eigenvalue weighted by molar-refractivity contribution is 0.0951. The summed E-state index contributed by atoms with van der Waals surface area (Å²) in [5, 5.41) is 2.90. The Morgan fingerprint density at radius 1 is 1.15 bits per heavy atom. The molecule has 0 saturated carbocycles. The number of carbonyl (C=O) groups excluding carboxylic acids is 1. The van der Waals surface area contributed by atoms with Gasteiger partial charge >= 0.3 is 0 Å². The van der Waals surface area contributed by atoms with Crippen LogP contribution in [0.1, 0.15) is 46.9 Å². The van der Waals surface area contributed by atoms with Crippen molar-refractivity contribution >= 4 is 5.91 Å². The first-order valence-corrected chi connectivity index (χ1v) is 6.86. The number of rotatable bonds is 4. The zero-order chi connectivity index (χ0) is 14.5. The summed E-state index contributed by atoms with van der Waals surface area (Å²) in [5.41, 5.74) is 3.91. The van der Waals surface area contributed by atoms with Crippen molar-refractivity contribution in [1.29, 1.82) is 0 Å². The fourth-order valence-electron chi connectivity index (χ4n) is 1.91. The Bertz CT molecular complexity index is 571. The first-order chi connectivity index (χ1) is 9.56. The molecule has 3 heteroatoms. The Kier molecular flexibility index (Phi) is 4.51. The fourth-order valence-corrected chi connectivity index (χ4v) is 1.91. The van der Waals surface area contributed by atoms with Gasteiger partial charge in [-0.25, -0.2) is 0 Å². The summed E-state index contributed by atoms with van der Waals surface area (Å²) in [4.78, 5) is 16.2. The van der Waals surface area contributed by atoms with Gasteiger partial charge in [0, 0.05) is 24.0 Å². The maximum atomic E-state index is 12.0. The summed E-state index contributed by atoms with van der Waals surface area (Å²) in [7, 11) is 0. The highest BCUT2D eigenvalue weighted by atomic mass is 16.1. The molecule has 3 nitrogen and oxygen atoms in total. The lowest BCUT2D eigenvalue weighted by atomic mass is 10.0. The van der Waals surface area contributed by atoms with Crippen LogP contribution in [0.3, 0.4) is 0 Å². The van der Waals surface area contributed by atoms with E-state index in [9.17, 15) is 4.79 Å². The number of amides is 1. The first-order valence-electron chi connectivity index (χ1n) is 6.86. The zero-order valence-corrected chi connectivity index (χ0v) is 12.2. The van der Waals surface area contributed by atoms with Crippen LogP contribution >= 0.6 is 0 Å². The molecule has 1 aromatic carbocycles. The molecule has 0 fully saturated rings. The molecule has 104 valence electrons. The number of nitrogens with one attached hydrogen (secondary N) is 1. The van der Waals surface area contributed by atoms with Crippen LogP contribution in [-0.4, -0.2) is 10.9 Å². The molecule has 0 radical (unpaired) electrons. The fraction of sp³-hybridized carbons (Fsp3) is 0.294. The third-order valence-corrected chi connectivity index (χ3v) is 3.27. The van der Waals surface area contributed by atoms with Crippen LogP contribution in [-0.2, 0) is 6.54 Å². The van der Waals surface area contributed by atoms with E-state index in [2.05, 4.69) is 24.1 Å². The molecule has 1 N–H and O–H groups in total. The summed E-state index contributed by atoms with van der Waals surface area (Å²) in [6.45, 7) is 6.72. The number of aryl methyl sites for hydroxylation is 1. The quantitative estimate of drug-likeness (QED) is 0.923. The van der Waals surface area contributed by atoms with Crippen LogP contribution in [0, 0.1) is 6.92 Å². The molecule has 1 aromatic heterocycles. The molecule has 0 aliphatic carbocycles. The molecule has 0 atom stereocenters. The number of nitrogens with zero attached hydrogens (tertiary/aromatic N) is 1. The molecule has 1 amide bonds. The molecule has 0 aliphatic rings. The number of aromatic nitrogens is 1. The van der Waals surface area contributed by atoms with Gasteiger partial charge in [-0.05, 0) is 42.2 Å². The minimum atomic E-state index is -0.0547. The molecule has 0 unspecified atom stereocenters. The van der Waals surface area contributed by atoms with Crippen molar-refractivity contribution in [3.63, 3.8) is 0 Å². The monoisotopic (exact) mass is 268 g/mol.